The van der Waals surface area contributed by atoms with Crippen molar-refractivity contribution in [3.63, 3.8) is 0 Å². The molecule has 6 unspecified atom stereocenters. The van der Waals surface area contributed by atoms with Crippen LogP contribution < -0.4 is 22.1 Å². The summed E-state index contributed by atoms with van der Waals surface area (Å²) in [5.41, 5.74) is 11.6. The number of hydrogen-bond donors (Lipinski definition) is 5. The number of primary amides is 1. The molecule has 0 aromatic carbocycles. The molecule has 3 aliphatic heterocycles. The summed E-state index contributed by atoms with van der Waals surface area (Å²) >= 11 is 0. The van der Waals surface area contributed by atoms with E-state index in [2.05, 4.69) is 25.6 Å². The normalized spacial score (nSPS) is 39.8. The van der Waals surface area contributed by atoms with E-state index >= 15 is 0 Å². The van der Waals surface area contributed by atoms with Crippen LogP contribution >= 0.6 is 0 Å². The van der Waals surface area contributed by atoms with Gasteiger partial charge in [-0.05, 0) is 109 Å². The molecule has 0 radical (unpaired) electrons. The number of likely N-dealkylation sites (tertiary alicyclic amines) is 2. The zero-order valence-corrected chi connectivity index (χ0v) is 22.2. The predicted octanol–water partition coefficient (Wildman–Crippen LogP) is 1.17. The topological polar surface area (TPSA) is 149 Å². The minimum absolute atomic E-state index is 0.0118. The first-order valence-electron chi connectivity index (χ1n) is 14.7. The zero-order valence-electron chi connectivity index (χ0n) is 22.2. The smallest absolute Gasteiger partial charge is 0.238 e. The molecular weight excluding hydrogens is 470 g/mol. The van der Waals surface area contributed by atoms with Gasteiger partial charge in [-0.3, -0.25) is 19.8 Å². The highest BCUT2D eigenvalue weighted by atomic mass is 16.4. The van der Waals surface area contributed by atoms with Crippen molar-refractivity contribution in [1.29, 1.82) is 0 Å². The highest BCUT2D eigenvalue weighted by Crippen LogP contribution is 2.43. The average molecular weight is 518 g/mol. The Labute approximate surface area is 220 Å². The van der Waals surface area contributed by atoms with Gasteiger partial charge in [0, 0.05) is 30.5 Å². The second-order valence-electron chi connectivity index (χ2n) is 12.4. The fourth-order valence-electron chi connectivity index (χ4n) is 8.06. The number of piperidine rings is 1. The molecule has 0 bridgehead atoms. The molecule has 0 aromatic rings. The van der Waals surface area contributed by atoms with Crippen LogP contribution in [0.2, 0.25) is 0 Å². The fourth-order valence-corrected chi connectivity index (χ4v) is 8.06. The number of rotatable bonds is 7. The minimum Gasteiger partial charge on any atom is -0.409 e. The molecule has 0 aromatic heterocycles. The van der Waals surface area contributed by atoms with Crippen LogP contribution in [-0.4, -0.2) is 83.1 Å². The standard InChI is InChI=1S/C27H47N7O3/c28-25(32-37)20-8-7-19-13-23(27(36)31-24-15-21(9-10-30-24)33-11-1-2-12-33)34(22(19)14-20)16-17-3-5-18(6-4-17)26(29)35/h17-24,30,37H,1-16H2,(H2,28,32)(H2,29,35)(H,31,36). The number of amidine groups is 1. The van der Waals surface area contributed by atoms with Gasteiger partial charge in [-0.15, -0.1) is 0 Å². The van der Waals surface area contributed by atoms with Gasteiger partial charge in [-0.2, -0.15) is 0 Å². The maximum Gasteiger partial charge on any atom is 0.238 e. The quantitative estimate of drug-likeness (QED) is 0.147. The van der Waals surface area contributed by atoms with Crippen molar-refractivity contribution in [1.82, 2.24) is 20.4 Å². The van der Waals surface area contributed by atoms with Gasteiger partial charge >= 0.3 is 0 Å². The van der Waals surface area contributed by atoms with E-state index in [1.807, 2.05) is 0 Å². The van der Waals surface area contributed by atoms with E-state index in [1.165, 1.54) is 25.9 Å². The first-order chi connectivity index (χ1) is 17.9. The number of nitrogens with zero attached hydrogens (tertiary/aromatic N) is 3. The van der Waals surface area contributed by atoms with Crippen molar-refractivity contribution in [2.75, 3.05) is 26.2 Å². The van der Waals surface area contributed by atoms with Crippen LogP contribution in [0, 0.1) is 23.7 Å². The lowest BCUT2D eigenvalue weighted by atomic mass is 9.77. The number of fused-ring (bicyclic) bond motifs is 1. The van der Waals surface area contributed by atoms with Gasteiger partial charge in [-0.25, -0.2) is 0 Å². The van der Waals surface area contributed by atoms with Crippen LogP contribution in [0.25, 0.3) is 0 Å². The third-order valence-corrected chi connectivity index (χ3v) is 10.2. The van der Waals surface area contributed by atoms with E-state index in [0.717, 1.165) is 77.3 Å². The molecular formula is C27H47N7O3. The molecule has 5 rings (SSSR count). The highest BCUT2D eigenvalue weighted by Gasteiger charge is 2.48. The van der Waals surface area contributed by atoms with Gasteiger partial charge < -0.3 is 26.9 Å². The first-order valence-corrected chi connectivity index (χ1v) is 14.7. The number of nitrogens with one attached hydrogen (secondary N) is 2. The predicted molar refractivity (Wildman–Crippen MR) is 142 cm³/mol. The number of carbonyl (C=O) groups is 2. The molecule has 10 nitrogen and oxygen atoms in total. The molecule has 2 amide bonds. The Hall–Kier alpha value is -1.91. The maximum absolute atomic E-state index is 13.8. The Morgan fingerprint density at radius 3 is 2.38 bits per heavy atom. The fraction of sp³-hybridized carbons (Fsp3) is 0.889. The first kappa shape index (κ1) is 26.7. The Balaban J connectivity index is 1.25. The van der Waals surface area contributed by atoms with Gasteiger partial charge in [0.15, 0.2) is 0 Å². The number of hydrogen-bond acceptors (Lipinski definition) is 7. The van der Waals surface area contributed by atoms with E-state index < -0.39 is 0 Å². The van der Waals surface area contributed by atoms with Crippen molar-refractivity contribution in [2.45, 2.75) is 101 Å². The van der Waals surface area contributed by atoms with Gasteiger partial charge in [-0.1, -0.05) is 5.16 Å². The summed E-state index contributed by atoms with van der Waals surface area (Å²) < 4.78 is 0. The molecule has 3 saturated heterocycles. The van der Waals surface area contributed by atoms with Crippen LogP contribution in [0.1, 0.15) is 77.0 Å². The highest BCUT2D eigenvalue weighted by molar-refractivity contribution is 5.83. The molecule has 10 heteroatoms. The summed E-state index contributed by atoms with van der Waals surface area (Å²) in [5.74, 6) is 1.23. The largest absolute Gasteiger partial charge is 0.409 e. The van der Waals surface area contributed by atoms with Crippen LogP contribution in [0.4, 0.5) is 0 Å². The Morgan fingerprint density at radius 2 is 1.68 bits per heavy atom. The van der Waals surface area contributed by atoms with E-state index in [9.17, 15) is 14.8 Å². The van der Waals surface area contributed by atoms with E-state index in [1.54, 1.807) is 0 Å². The SMILES string of the molecule is NC(=O)C1CCC(CN2C(C(=O)NC3CC(N4CCCC4)CCN3)CC3CCC(/C(N)=N/O)CC32)CC1. The molecule has 3 heterocycles. The number of amides is 2. The Bertz CT molecular complexity index is 840. The lowest BCUT2D eigenvalue weighted by Crippen LogP contribution is -2.58. The molecule has 37 heavy (non-hydrogen) atoms. The third-order valence-electron chi connectivity index (χ3n) is 10.2. The summed E-state index contributed by atoms with van der Waals surface area (Å²) in [4.78, 5) is 30.5. The van der Waals surface area contributed by atoms with Crippen LogP contribution in [-0.2, 0) is 9.59 Å². The molecule has 6 atom stereocenters. The Morgan fingerprint density at radius 1 is 0.946 bits per heavy atom. The summed E-state index contributed by atoms with van der Waals surface area (Å²) in [6.07, 6.45) is 12.0. The van der Waals surface area contributed by atoms with Crippen molar-refractivity contribution in [3.05, 3.63) is 0 Å². The van der Waals surface area contributed by atoms with Gasteiger partial charge in [0.1, 0.15) is 5.84 Å². The third kappa shape index (κ3) is 6.06. The van der Waals surface area contributed by atoms with E-state index in [-0.39, 0.29) is 41.9 Å². The lowest BCUT2D eigenvalue weighted by molar-refractivity contribution is -0.127. The van der Waals surface area contributed by atoms with E-state index in [4.69, 9.17) is 11.5 Å². The minimum atomic E-state index is -0.182. The Kier molecular flexibility index (Phi) is 8.56. The van der Waals surface area contributed by atoms with E-state index in [0.29, 0.717) is 23.7 Å². The molecule has 7 N–H and O–H groups in total. The summed E-state index contributed by atoms with van der Waals surface area (Å²) in [6.45, 7) is 4.17. The molecule has 2 aliphatic carbocycles. The van der Waals surface area contributed by atoms with Crippen molar-refractivity contribution >= 4 is 17.6 Å². The molecule has 5 aliphatic rings. The summed E-state index contributed by atoms with van der Waals surface area (Å²) in [6, 6.07) is 0.669. The average Bonchev–Trinajstić information content (AvgIpc) is 3.57. The number of nitrogens with two attached hydrogens (primary N) is 2. The second kappa shape index (κ2) is 11.9. The lowest BCUT2D eigenvalue weighted by Gasteiger charge is -2.40. The maximum atomic E-state index is 13.8. The number of carbonyl (C=O) groups excluding carboxylic acids is 2. The molecule has 5 fully saturated rings. The summed E-state index contributed by atoms with van der Waals surface area (Å²) in [5, 5.41) is 19.5. The van der Waals surface area contributed by atoms with Gasteiger partial charge in [0.25, 0.3) is 0 Å². The van der Waals surface area contributed by atoms with Gasteiger partial charge in [0.05, 0.1) is 12.2 Å². The van der Waals surface area contributed by atoms with Crippen molar-refractivity contribution in [2.24, 2.45) is 40.3 Å². The molecule has 2 saturated carbocycles. The monoisotopic (exact) mass is 517 g/mol. The number of oxime groups is 1. The van der Waals surface area contributed by atoms with Crippen molar-refractivity contribution < 1.29 is 14.8 Å². The van der Waals surface area contributed by atoms with Gasteiger partial charge in [0.2, 0.25) is 11.8 Å². The van der Waals surface area contributed by atoms with Crippen molar-refractivity contribution in [3.8, 4) is 0 Å². The van der Waals surface area contributed by atoms with Crippen LogP contribution in [0.15, 0.2) is 5.16 Å². The van der Waals surface area contributed by atoms with Crippen LogP contribution in [0.5, 0.6) is 0 Å². The molecule has 208 valence electrons. The second-order valence-corrected chi connectivity index (χ2v) is 12.4. The van der Waals surface area contributed by atoms with Crippen LogP contribution in [0.3, 0.4) is 0 Å². The summed E-state index contributed by atoms with van der Waals surface area (Å²) in [7, 11) is 0. The zero-order chi connectivity index (χ0) is 25.9. The molecule has 0 spiro atoms.